The van der Waals surface area contributed by atoms with Gasteiger partial charge in [-0.05, 0) is 67.6 Å². The Kier molecular flexibility index (Phi) is 2.60. The van der Waals surface area contributed by atoms with E-state index in [1.165, 1.54) is 19.3 Å². The maximum atomic E-state index is 2.60. The SMILES string of the molecule is CCCCCC12CC3CC(CC(C)(C3)C1)C2. The summed E-state index contributed by atoms with van der Waals surface area (Å²) in [5.41, 5.74) is 1.57. The average Bonchev–Trinajstić information content (AvgIpc) is 2.13. The second-order valence-electron chi connectivity index (χ2n) is 7.73. The molecular formula is C16H28. The molecule has 4 bridgehead atoms. The van der Waals surface area contributed by atoms with Crippen molar-refractivity contribution in [2.45, 2.75) is 78.1 Å². The maximum Gasteiger partial charge on any atom is -0.0287 e. The number of hydrogen-bond acceptors (Lipinski definition) is 0. The molecule has 92 valence electrons. The highest BCUT2D eigenvalue weighted by Crippen LogP contribution is 2.66. The molecule has 0 heteroatoms. The molecule has 4 aliphatic rings. The first-order valence-corrected chi connectivity index (χ1v) is 7.63. The zero-order chi connectivity index (χ0) is 11.2. The average molecular weight is 220 g/mol. The smallest absolute Gasteiger partial charge is 0.0287 e. The normalized spacial score (nSPS) is 49.9. The van der Waals surface area contributed by atoms with E-state index in [1.54, 1.807) is 44.9 Å². The Morgan fingerprint density at radius 1 is 1.00 bits per heavy atom. The van der Waals surface area contributed by atoms with Crippen LogP contribution in [0.3, 0.4) is 0 Å². The Morgan fingerprint density at radius 3 is 2.25 bits per heavy atom. The summed E-state index contributed by atoms with van der Waals surface area (Å²) >= 11 is 0. The molecule has 0 radical (unpaired) electrons. The van der Waals surface area contributed by atoms with Gasteiger partial charge in [-0.15, -0.1) is 0 Å². The van der Waals surface area contributed by atoms with Crippen LogP contribution in [0.15, 0.2) is 0 Å². The molecule has 4 rings (SSSR count). The lowest BCUT2D eigenvalue weighted by Gasteiger charge is -2.61. The van der Waals surface area contributed by atoms with E-state index in [1.807, 2.05) is 0 Å². The largest absolute Gasteiger partial charge is 0.0654 e. The van der Waals surface area contributed by atoms with Gasteiger partial charge in [0.05, 0.1) is 0 Å². The number of hydrogen-bond donors (Lipinski definition) is 0. The van der Waals surface area contributed by atoms with E-state index in [0.717, 1.165) is 22.7 Å². The molecule has 0 aromatic heterocycles. The van der Waals surface area contributed by atoms with Crippen LogP contribution in [0.5, 0.6) is 0 Å². The van der Waals surface area contributed by atoms with Crippen molar-refractivity contribution < 1.29 is 0 Å². The summed E-state index contributed by atoms with van der Waals surface area (Å²) in [7, 11) is 0. The monoisotopic (exact) mass is 220 g/mol. The van der Waals surface area contributed by atoms with Crippen LogP contribution >= 0.6 is 0 Å². The fourth-order valence-electron chi connectivity index (χ4n) is 5.97. The van der Waals surface area contributed by atoms with Crippen LogP contribution in [0.2, 0.25) is 0 Å². The minimum Gasteiger partial charge on any atom is -0.0654 e. The quantitative estimate of drug-likeness (QED) is 0.573. The molecule has 0 aromatic rings. The lowest BCUT2D eigenvalue weighted by Crippen LogP contribution is -2.50. The number of rotatable bonds is 4. The van der Waals surface area contributed by atoms with Gasteiger partial charge in [-0.2, -0.15) is 0 Å². The zero-order valence-electron chi connectivity index (χ0n) is 11.2. The molecule has 0 aromatic carbocycles. The molecule has 2 unspecified atom stereocenters. The van der Waals surface area contributed by atoms with Gasteiger partial charge in [0.1, 0.15) is 0 Å². The standard InChI is InChI=1S/C16H28/c1-3-4-5-6-16-10-13-7-14(11-16)9-15(2,8-13)12-16/h13-14H,3-12H2,1-2H3. The molecule has 0 amide bonds. The molecule has 0 saturated heterocycles. The second-order valence-corrected chi connectivity index (χ2v) is 7.73. The van der Waals surface area contributed by atoms with Crippen molar-refractivity contribution in [3.8, 4) is 0 Å². The van der Waals surface area contributed by atoms with Gasteiger partial charge in [-0.3, -0.25) is 0 Å². The van der Waals surface area contributed by atoms with Crippen LogP contribution < -0.4 is 0 Å². The van der Waals surface area contributed by atoms with Crippen molar-refractivity contribution in [3.05, 3.63) is 0 Å². The summed E-state index contributed by atoms with van der Waals surface area (Å²) in [5, 5.41) is 0. The van der Waals surface area contributed by atoms with E-state index in [-0.39, 0.29) is 0 Å². The Labute approximate surface area is 101 Å². The summed E-state index contributed by atoms with van der Waals surface area (Å²) in [5.74, 6) is 2.24. The van der Waals surface area contributed by atoms with Gasteiger partial charge in [0.2, 0.25) is 0 Å². The van der Waals surface area contributed by atoms with E-state index in [0.29, 0.717) is 0 Å². The molecule has 0 aliphatic heterocycles. The molecule has 4 fully saturated rings. The van der Waals surface area contributed by atoms with Gasteiger partial charge < -0.3 is 0 Å². The first-order chi connectivity index (χ1) is 7.63. The highest BCUT2D eigenvalue weighted by molar-refractivity contribution is 5.05. The molecule has 4 aliphatic carbocycles. The van der Waals surface area contributed by atoms with Crippen LogP contribution in [-0.2, 0) is 0 Å². The van der Waals surface area contributed by atoms with Crippen LogP contribution in [0.1, 0.15) is 78.1 Å². The van der Waals surface area contributed by atoms with Crippen LogP contribution in [-0.4, -0.2) is 0 Å². The molecule has 2 atom stereocenters. The molecule has 0 heterocycles. The van der Waals surface area contributed by atoms with Crippen molar-refractivity contribution in [3.63, 3.8) is 0 Å². The Hall–Kier alpha value is 0. The van der Waals surface area contributed by atoms with E-state index in [4.69, 9.17) is 0 Å². The minimum atomic E-state index is 0.760. The minimum absolute atomic E-state index is 0.760. The Balaban J connectivity index is 1.71. The Morgan fingerprint density at radius 2 is 1.69 bits per heavy atom. The lowest BCUT2D eigenvalue weighted by atomic mass is 9.44. The summed E-state index contributed by atoms with van der Waals surface area (Å²) in [4.78, 5) is 0. The van der Waals surface area contributed by atoms with Crippen molar-refractivity contribution in [2.24, 2.45) is 22.7 Å². The predicted octanol–water partition coefficient (Wildman–Crippen LogP) is 5.17. The summed E-state index contributed by atoms with van der Waals surface area (Å²) < 4.78 is 0. The summed E-state index contributed by atoms with van der Waals surface area (Å²) in [6.07, 6.45) is 15.4. The van der Waals surface area contributed by atoms with Gasteiger partial charge in [-0.25, -0.2) is 0 Å². The summed E-state index contributed by atoms with van der Waals surface area (Å²) in [6.45, 7) is 4.93. The topological polar surface area (TPSA) is 0 Å². The predicted molar refractivity (Wildman–Crippen MR) is 69.4 cm³/mol. The van der Waals surface area contributed by atoms with E-state index in [2.05, 4.69) is 13.8 Å². The zero-order valence-corrected chi connectivity index (χ0v) is 11.2. The Bertz CT molecular complexity index is 251. The molecular weight excluding hydrogens is 192 g/mol. The van der Waals surface area contributed by atoms with Crippen molar-refractivity contribution in [1.29, 1.82) is 0 Å². The molecule has 0 N–H and O–H groups in total. The third kappa shape index (κ3) is 1.83. The van der Waals surface area contributed by atoms with Gasteiger partial charge in [0.25, 0.3) is 0 Å². The van der Waals surface area contributed by atoms with Crippen molar-refractivity contribution in [1.82, 2.24) is 0 Å². The first-order valence-electron chi connectivity index (χ1n) is 7.63. The first kappa shape index (κ1) is 11.1. The van der Waals surface area contributed by atoms with Crippen LogP contribution in [0.4, 0.5) is 0 Å². The van der Waals surface area contributed by atoms with Gasteiger partial charge >= 0.3 is 0 Å². The third-order valence-electron chi connectivity index (χ3n) is 5.79. The van der Waals surface area contributed by atoms with E-state index >= 15 is 0 Å². The van der Waals surface area contributed by atoms with Gasteiger partial charge in [0.15, 0.2) is 0 Å². The fraction of sp³-hybridized carbons (Fsp3) is 1.00. The maximum absolute atomic E-state index is 2.60. The molecule has 4 saturated carbocycles. The highest BCUT2D eigenvalue weighted by atomic mass is 14.6. The highest BCUT2D eigenvalue weighted by Gasteiger charge is 2.54. The fourth-order valence-corrected chi connectivity index (χ4v) is 5.97. The number of unbranched alkanes of at least 4 members (excludes halogenated alkanes) is 2. The summed E-state index contributed by atoms with van der Waals surface area (Å²) in [6, 6.07) is 0. The molecule has 16 heavy (non-hydrogen) atoms. The molecule has 0 spiro atoms. The second kappa shape index (κ2) is 3.75. The van der Waals surface area contributed by atoms with Crippen molar-refractivity contribution in [2.75, 3.05) is 0 Å². The third-order valence-corrected chi connectivity index (χ3v) is 5.79. The van der Waals surface area contributed by atoms with Crippen LogP contribution in [0, 0.1) is 22.7 Å². The lowest BCUT2D eigenvalue weighted by molar-refractivity contribution is -0.106. The van der Waals surface area contributed by atoms with Crippen molar-refractivity contribution >= 4 is 0 Å². The van der Waals surface area contributed by atoms with E-state index in [9.17, 15) is 0 Å². The van der Waals surface area contributed by atoms with E-state index < -0.39 is 0 Å². The van der Waals surface area contributed by atoms with Gasteiger partial charge in [0, 0.05) is 0 Å². The van der Waals surface area contributed by atoms with Gasteiger partial charge in [-0.1, -0.05) is 33.1 Å². The van der Waals surface area contributed by atoms with Crippen LogP contribution in [0.25, 0.3) is 0 Å². The molecule has 0 nitrogen and oxygen atoms in total.